The second-order valence-electron chi connectivity index (χ2n) is 8.14. The summed E-state index contributed by atoms with van der Waals surface area (Å²) in [6, 6.07) is 5.41. The number of hydrogen-bond donors (Lipinski definition) is 1. The number of ether oxygens (including phenoxy) is 1. The number of rotatable bonds is 0. The molecule has 4 rings (SSSR count). The fraction of sp³-hybridized carbons (Fsp3) is 0.579. The Labute approximate surface area is 156 Å². The van der Waals surface area contributed by atoms with Gasteiger partial charge in [0.2, 0.25) is 0 Å². The third-order valence-electron chi connectivity index (χ3n) is 6.01. The minimum Gasteiger partial charge on any atom is -0.487 e. The van der Waals surface area contributed by atoms with E-state index in [-0.39, 0.29) is 11.9 Å². The first-order valence-electron chi connectivity index (χ1n) is 8.84. The molecule has 1 saturated carbocycles. The van der Waals surface area contributed by atoms with E-state index in [1.54, 1.807) is 11.9 Å². The van der Waals surface area contributed by atoms with Crippen LogP contribution in [0.1, 0.15) is 45.1 Å². The molecule has 3 unspecified atom stereocenters. The van der Waals surface area contributed by atoms with Gasteiger partial charge in [-0.3, -0.25) is 10.1 Å². The molecule has 1 saturated heterocycles. The maximum atomic E-state index is 13.0. The largest absolute Gasteiger partial charge is 0.487 e. The Bertz CT molecular complexity index is 755. The zero-order valence-electron chi connectivity index (χ0n) is 14.8. The summed E-state index contributed by atoms with van der Waals surface area (Å²) < 4.78 is 7.41. The van der Waals surface area contributed by atoms with Crippen LogP contribution in [0.2, 0.25) is 0 Å². The Kier molecular flexibility index (Phi) is 3.69. The van der Waals surface area contributed by atoms with Crippen LogP contribution in [-0.2, 0) is 10.3 Å². The van der Waals surface area contributed by atoms with Crippen LogP contribution < -0.4 is 10.1 Å². The van der Waals surface area contributed by atoms with Gasteiger partial charge in [-0.25, -0.2) is 4.79 Å². The van der Waals surface area contributed by atoms with Crippen molar-refractivity contribution in [3.05, 3.63) is 28.2 Å². The lowest BCUT2D eigenvalue weighted by Gasteiger charge is -2.51. The molecule has 134 valence electrons. The first-order chi connectivity index (χ1) is 11.8. The lowest BCUT2D eigenvalue weighted by molar-refractivity contribution is -0.135. The first-order valence-corrected chi connectivity index (χ1v) is 9.63. The summed E-state index contributed by atoms with van der Waals surface area (Å²) in [5.74, 6) is 1.53. The Hall–Kier alpha value is -1.56. The lowest BCUT2D eigenvalue weighted by Crippen LogP contribution is -2.58. The molecule has 25 heavy (non-hydrogen) atoms. The van der Waals surface area contributed by atoms with Crippen LogP contribution in [0.5, 0.6) is 5.75 Å². The van der Waals surface area contributed by atoms with Gasteiger partial charge < -0.3 is 9.64 Å². The third-order valence-corrected chi connectivity index (χ3v) is 6.50. The van der Waals surface area contributed by atoms with Crippen LogP contribution in [0.3, 0.4) is 0 Å². The van der Waals surface area contributed by atoms with Crippen molar-refractivity contribution in [2.24, 2.45) is 11.8 Å². The Balaban J connectivity index is 1.90. The van der Waals surface area contributed by atoms with Gasteiger partial charge in [0.15, 0.2) is 5.54 Å². The van der Waals surface area contributed by atoms with Crippen LogP contribution in [0.4, 0.5) is 4.79 Å². The van der Waals surface area contributed by atoms with Gasteiger partial charge in [0.05, 0.1) is 0 Å². The van der Waals surface area contributed by atoms with Crippen LogP contribution >= 0.6 is 15.9 Å². The molecule has 3 aliphatic rings. The Morgan fingerprint density at radius 3 is 2.52 bits per heavy atom. The summed E-state index contributed by atoms with van der Waals surface area (Å²) in [7, 11) is 1.71. The number of amides is 3. The summed E-state index contributed by atoms with van der Waals surface area (Å²) in [5, 5.41) is 2.51. The van der Waals surface area contributed by atoms with Gasteiger partial charge in [0.25, 0.3) is 5.91 Å². The van der Waals surface area contributed by atoms with Gasteiger partial charge in [0, 0.05) is 23.5 Å². The maximum absolute atomic E-state index is 13.0. The van der Waals surface area contributed by atoms with Crippen molar-refractivity contribution >= 4 is 27.9 Å². The van der Waals surface area contributed by atoms with Crippen molar-refractivity contribution in [3.63, 3.8) is 0 Å². The van der Waals surface area contributed by atoms with Crippen molar-refractivity contribution in [1.82, 2.24) is 10.2 Å². The normalized spacial score (nSPS) is 37.2. The molecule has 2 fully saturated rings. The molecule has 1 aromatic carbocycles. The van der Waals surface area contributed by atoms with Gasteiger partial charge in [-0.15, -0.1) is 0 Å². The molecule has 6 heteroatoms. The van der Waals surface area contributed by atoms with E-state index in [1.165, 1.54) is 6.42 Å². The number of carbonyl (C=O) groups is 2. The third kappa shape index (κ3) is 2.40. The van der Waals surface area contributed by atoms with Crippen LogP contribution in [0, 0.1) is 11.8 Å². The zero-order chi connectivity index (χ0) is 18.0. The standard InChI is InChI=1S/C19H23BrN2O3/c1-11-6-12(2)9-18(8-11)10-19(16(23)21-17(24)22(19)3)14-7-13(20)4-5-15(14)25-18/h4-5,7,11-12H,6,8-10H2,1-3H3,(H,21,23,24). The van der Waals surface area contributed by atoms with Crippen molar-refractivity contribution < 1.29 is 14.3 Å². The molecule has 0 radical (unpaired) electrons. The number of imide groups is 1. The predicted octanol–water partition coefficient (Wildman–Crippen LogP) is 3.80. The molecule has 1 aromatic rings. The number of carbonyl (C=O) groups excluding carboxylic acids is 2. The number of halogens is 1. The molecular formula is C19H23BrN2O3. The van der Waals surface area contributed by atoms with E-state index >= 15 is 0 Å². The van der Waals surface area contributed by atoms with Gasteiger partial charge in [0.1, 0.15) is 11.4 Å². The second-order valence-corrected chi connectivity index (χ2v) is 9.05. The Morgan fingerprint density at radius 2 is 1.92 bits per heavy atom. The van der Waals surface area contributed by atoms with Crippen molar-refractivity contribution in [3.8, 4) is 5.75 Å². The highest BCUT2D eigenvalue weighted by Crippen LogP contribution is 2.54. The number of benzene rings is 1. The summed E-state index contributed by atoms with van der Waals surface area (Å²) >= 11 is 3.49. The fourth-order valence-corrected chi connectivity index (χ4v) is 5.65. The highest BCUT2D eigenvalue weighted by atomic mass is 79.9. The molecule has 2 aliphatic heterocycles. The van der Waals surface area contributed by atoms with Gasteiger partial charge in [-0.1, -0.05) is 29.8 Å². The summed E-state index contributed by atoms with van der Waals surface area (Å²) in [6.45, 7) is 4.49. The number of fused-ring (bicyclic) bond motifs is 2. The van der Waals surface area contributed by atoms with E-state index in [0.717, 1.165) is 22.9 Å². The van der Waals surface area contributed by atoms with Crippen molar-refractivity contribution in [2.75, 3.05) is 7.05 Å². The van der Waals surface area contributed by atoms with Gasteiger partial charge in [-0.2, -0.15) is 0 Å². The molecule has 3 atom stereocenters. The summed E-state index contributed by atoms with van der Waals surface area (Å²) in [6.07, 6.45) is 3.49. The molecule has 5 nitrogen and oxygen atoms in total. The topological polar surface area (TPSA) is 58.6 Å². The van der Waals surface area contributed by atoms with E-state index < -0.39 is 11.1 Å². The minimum absolute atomic E-state index is 0.243. The van der Waals surface area contributed by atoms with E-state index in [0.29, 0.717) is 24.0 Å². The first kappa shape index (κ1) is 16.9. The molecule has 2 spiro atoms. The van der Waals surface area contributed by atoms with E-state index in [9.17, 15) is 9.59 Å². The quantitative estimate of drug-likeness (QED) is 0.666. The number of nitrogens with one attached hydrogen (secondary N) is 1. The molecular weight excluding hydrogens is 384 g/mol. The number of nitrogens with zero attached hydrogens (tertiary/aromatic N) is 1. The average Bonchev–Trinajstić information content (AvgIpc) is 2.71. The molecule has 1 aliphatic carbocycles. The SMILES string of the molecule is CC1CC(C)CC2(C1)CC1(C(=O)NC(=O)N1C)c1cc(Br)ccc1O2. The predicted molar refractivity (Wildman–Crippen MR) is 97.3 cm³/mol. The summed E-state index contributed by atoms with van der Waals surface area (Å²) in [5.41, 5.74) is -0.636. The highest BCUT2D eigenvalue weighted by molar-refractivity contribution is 9.10. The minimum atomic E-state index is -0.995. The van der Waals surface area contributed by atoms with Crippen LogP contribution in [0.15, 0.2) is 22.7 Å². The Morgan fingerprint density at radius 1 is 1.24 bits per heavy atom. The lowest BCUT2D eigenvalue weighted by atomic mass is 9.65. The molecule has 2 heterocycles. The number of urea groups is 1. The fourth-order valence-electron chi connectivity index (χ4n) is 5.29. The van der Waals surface area contributed by atoms with Crippen LogP contribution in [-0.4, -0.2) is 29.5 Å². The maximum Gasteiger partial charge on any atom is 0.325 e. The molecule has 3 amide bonds. The summed E-state index contributed by atoms with van der Waals surface area (Å²) in [4.78, 5) is 26.8. The van der Waals surface area contributed by atoms with Gasteiger partial charge >= 0.3 is 6.03 Å². The number of hydrogen-bond acceptors (Lipinski definition) is 3. The highest BCUT2D eigenvalue weighted by Gasteiger charge is 2.61. The molecule has 1 N–H and O–H groups in total. The molecule has 0 bridgehead atoms. The average molecular weight is 407 g/mol. The number of likely N-dealkylation sites (N-methyl/N-ethyl adjacent to an activating group) is 1. The van der Waals surface area contributed by atoms with Crippen molar-refractivity contribution in [2.45, 2.75) is 50.7 Å². The zero-order valence-corrected chi connectivity index (χ0v) is 16.4. The van der Waals surface area contributed by atoms with E-state index in [4.69, 9.17) is 4.74 Å². The second kappa shape index (κ2) is 5.47. The van der Waals surface area contributed by atoms with E-state index in [1.807, 2.05) is 18.2 Å². The van der Waals surface area contributed by atoms with Crippen molar-refractivity contribution in [1.29, 1.82) is 0 Å². The smallest absolute Gasteiger partial charge is 0.325 e. The van der Waals surface area contributed by atoms with Crippen LogP contribution in [0.25, 0.3) is 0 Å². The molecule has 0 aromatic heterocycles. The van der Waals surface area contributed by atoms with Gasteiger partial charge in [-0.05, 0) is 49.3 Å². The monoisotopic (exact) mass is 406 g/mol. The van der Waals surface area contributed by atoms with E-state index in [2.05, 4.69) is 35.1 Å².